The lowest BCUT2D eigenvalue weighted by Gasteiger charge is -2.22. The minimum atomic E-state index is 0.297. The molecule has 2 nitrogen and oxygen atoms in total. The van der Waals surface area contributed by atoms with Crippen LogP contribution in [0.4, 0.5) is 0 Å². The fraction of sp³-hybridized carbons (Fsp3) is 0.625. The van der Waals surface area contributed by atoms with Crippen molar-refractivity contribution < 1.29 is 4.74 Å². The van der Waals surface area contributed by atoms with Gasteiger partial charge in [0.25, 0.3) is 0 Å². The molecule has 2 atom stereocenters. The van der Waals surface area contributed by atoms with Crippen LogP contribution in [0.15, 0.2) is 24.3 Å². The highest BCUT2D eigenvalue weighted by atomic mass is 16.5. The standard InChI is InChI=1S/C16H25NO/c1-3-18-13(2)12-17-16-11-7-5-9-14-8-4-6-10-15(14)16/h4,6,8,10,13,16-17H,3,5,7,9,11-12H2,1-2H3. The second kappa shape index (κ2) is 6.91. The zero-order valence-electron chi connectivity index (χ0n) is 11.6. The number of nitrogens with one attached hydrogen (secondary N) is 1. The minimum absolute atomic E-state index is 0.297. The highest BCUT2D eigenvalue weighted by molar-refractivity contribution is 5.31. The molecular formula is C16H25NO. The monoisotopic (exact) mass is 247 g/mol. The minimum Gasteiger partial charge on any atom is -0.377 e. The van der Waals surface area contributed by atoms with E-state index in [1.54, 1.807) is 0 Å². The Morgan fingerprint density at radius 3 is 3.00 bits per heavy atom. The summed E-state index contributed by atoms with van der Waals surface area (Å²) >= 11 is 0. The third-order valence-electron chi connectivity index (χ3n) is 3.72. The molecule has 0 saturated carbocycles. The van der Waals surface area contributed by atoms with Gasteiger partial charge in [0.1, 0.15) is 0 Å². The van der Waals surface area contributed by atoms with Crippen LogP contribution in [0.3, 0.4) is 0 Å². The Morgan fingerprint density at radius 2 is 2.17 bits per heavy atom. The van der Waals surface area contributed by atoms with Gasteiger partial charge in [0.2, 0.25) is 0 Å². The third-order valence-corrected chi connectivity index (χ3v) is 3.72. The van der Waals surface area contributed by atoms with E-state index < -0.39 is 0 Å². The highest BCUT2D eigenvalue weighted by Gasteiger charge is 2.18. The van der Waals surface area contributed by atoms with Crippen LogP contribution in [-0.4, -0.2) is 19.3 Å². The summed E-state index contributed by atoms with van der Waals surface area (Å²) in [6, 6.07) is 9.38. The molecule has 0 radical (unpaired) electrons. The lowest BCUT2D eigenvalue weighted by Crippen LogP contribution is -2.30. The number of hydrogen-bond acceptors (Lipinski definition) is 2. The molecule has 0 amide bonds. The van der Waals surface area contributed by atoms with Crippen LogP contribution in [0.25, 0.3) is 0 Å². The fourth-order valence-electron chi connectivity index (χ4n) is 2.78. The summed E-state index contributed by atoms with van der Waals surface area (Å²) in [5.41, 5.74) is 3.02. The van der Waals surface area contributed by atoms with E-state index in [0.29, 0.717) is 12.1 Å². The van der Waals surface area contributed by atoms with Gasteiger partial charge in [-0.2, -0.15) is 0 Å². The van der Waals surface area contributed by atoms with Gasteiger partial charge in [-0.15, -0.1) is 0 Å². The van der Waals surface area contributed by atoms with Gasteiger partial charge in [-0.25, -0.2) is 0 Å². The second-order valence-corrected chi connectivity index (χ2v) is 5.17. The number of hydrogen-bond donors (Lipinski definition) is 1. The number of benzene rings is 1. The first kappa shape index (κ1) is 13.6. The van der Waals surface area contributed by atoms with Crippen molar-refractivity contribution in [3.8, 4) is 0 Å². The van der Waals surface area contributed by atoms with Gasteiger partial charge in [-0.3, -0.25) is 0 Å². The van der Waals surface area contributed by atoms with E-state index in [-0.39, 0.29) is 0 Å². The van der Waals surface area contributed by atoms with E-state index in [1.807, 2.05) is 0 Å². The number of fused-ring (bicyclic) bond motifs is 1. The van der Waals surface area contributed by atoms with Crippen molar-refractivity contribution in [3.05, 3.63) is 35.4 Å². The largest absolute Gasteiger partial charge is 0.377 e. The fourth-order valence-corrected chi connectivity index (χ4v) is 2.78. The topological polar surface area (TPSA) is 21.3 Å². The van der Waals surface area contributed by atoms with Gasteiger partial charge in [0.15, 0.2) is 0 Å². The van der Waals surface area contributed by atoms with Crippen molar-refractivity contribution >= 4 is 0 Å². The van der Waals surface area contributed by atoms with Gasteiger partial charge < -0.3 is 10.1 Å². The summed E-state index contributed by atoms with van der Waals surface area (Å²) in [6.45, 7) is 5.92. The molecule has 2 rings (SSSR count). The molecule has 1 N–H and O–H groups in total. The SMILES string of the molecule is CCOC(C)CNC1CCCCc2ccccc21. The Kier molecular flexibility index (Phi) is 5.21. The summed E-state index contributed by atoms with van der Waals surface area (Å²) < 4.78 is 5.59. The molecule has 2 heteroatoms. The highest BCUT2D eigenvalue weighted by Crippen LogP contribution is 2.28. The summed E-state index contributed by atoms with van der Waals surface area (Å²) in [6.07, 6.45) is 5.40. The summed E-state index contributed by atoms with van der Waals surface area (Å²) in [4.78, 5) is 0. The van der Waals surface area contributed by atoms with Crippen molar-refractivity contribution in [1.29, 1.82) is 0 Å². The smallest absolute Gasteiger partial charge is 0.0671 e. The zero-order valence-corrected chi connectivity index (χ0v) is 11.6. The van der Waals surface area contributed by atoms with Gasteiger partial charge in [-0.1, -0.05) is 30.7 Å². The molecule has 0 aliphatic heterocycles. The summed E-state index contributed by atoms with van der Waals surface area (Å²) in [5, 5.41) is 3.68. The van der Waals surface area contributed by atoms with Crippen molar-refractivity contribution in [2.45, 2.75) is 51.7 Å². The average molecular weight is 247 g/mol. The lowest BCUT2D eigenvalue weighted by atomic mass is 9.99. The molecule has 0 aromatic heterocycles. The molecule has 18 heavy (non-hydrogen) atoms. The van der Waals surface area contributed by atoms with E-state index in [2.05, 4.69) is 43.4 Å². The first-order valence-electron chi connectivity index (χ1n) is 7.24. The maximum absolute atomic E-state index is 5.59. The molecule has 0 bridgehead atoms. The van der Waals surface area contributed by atoms with Gasteiger partial charge in [0.05, 0.1) is 6.10 Å². The second-order valence-electron chi connectivity index (χ2n) is 5.17. The van der Waals surface area contributed by atoms with Gasteiger partial charge in [0, 0.05) is 19.2 Å². The van der Waals surface area contributed by atoms with Crippen molar-refractivity contribution in [2.24, 2.45) is 0 Å². The molecule has 0 saturated heterocycles. The van der Waals surface area contributed by atoms with Gasteiger partial charge in [-0.05, 0) is 44.2 Å². The van der Waals surface area contributed by atoms with E-state index in [4.69, 9.17) is 4.74 Å². The summed E-state index contributed by atoms with van der Waals surface area (Å²) in [5.74, 6) is 0. The number of rotatable bonds is 5. The molecule has 0 fully saturated rings. The van der Waals surface area contributed by atoms with Crippen molar-refractivity contribution in [2.75, 3.05) is 13.2 Å². The lowest BCUT2D eigenvalue weighted by molar-refractivity contribution is 0.0736. The average Bonchev–Trinajstić information content (AvgIpc) is 2.59. The maximum Gasteiger partial charge on any atom is 0.0671 e. The molecule has 0 heterocycles. The predicted molar refractivity (Wildman–Crippen MR) is 75.8 cm³/mol. The third kappa shape index (κ3) is 3.56. The zero-order chi connectivity index (χ0) is 12.8. The van der Waals surface area contributed by atoms with Crippen LogP contribution in [-0.2, 0) is 11.2 Å². The van der Waals surface area contributed by atoms with Crippen LogP contribution in [0.2, 0.25) is 0 Å². The van der Waals surface area contributed by atoms with Crippen molar-refractivity contribution in [3.63, 3.8) is 0 Å². The molecule has 100 valence electrons. The first-order chi connectivity index (χ1) is 8.81. The van der Waals surface area contributed by atoms with Crippen LogP contribution >= 0.6 is 0 Å². The summed E-state index contributed by atoms with van der Waals surface area (Å²) in [7, 11) is 0. The molecule has 1 aromatic carbocycles. The molecule has 0 spiro atoms. The van der Waals surface area contributed by atoms with E-state index in [1.165, 1.54) is 36.8 Å². The maximum atomic E-state index is 5.59. The van der Waals surface area contributed by atoms with Crippen LogP contribution in [0, 0.1) is 0 Å². The molecule has 1 aromatic rings. The van der Waals surface area contributed by atoms with Crippen LogP contribution in [0.1, 0.15) is 50.3 Å². The molecular weight excluding hydrogens is 222 g/mol. The molecule has 2 unspecified atom stereocenters. The van der Waals surface area contributed by atoms with Crippen LogP contribution < -0.4 is 5.32 Å². The van der Waals surface area contributed by atoms with Crippen LogP contribution in [0.5, 0.6) is 0 Å². The van der Waals surface area contributed by atoms with E-state index in [0.717, 1.165) is 13.2 Å². The quantitative estimate of drug-likeness (QED) is 0.804. The normalized spacial score (nSPS) is 21.1. The Morgan fingerprint density at radius 1 is 1.33 bits per heavy atom. The molecule has 1 aliphatic carbocycles. The van der Waals surface area contributed by atoms with E-state index in [9.17, 15) is 0 Å². The van der Waals surface area contributed by atoms with E-state index >= 15 is 0 Å². The Bertz CT molecular complexity index is 364. The Balaban J connectivity index is 1.99. The van der Waals surface area contributed by atoms with Gasteiger partial charge >= 0.3 is 0 Å². The number of aryl methyl sites for hydroxylation is 1. The first-order valence-corrected chi connectivity index (χ1v) is 7.24. The van der Waals surface area contributed by atoms with Crippen molar-refractivity contribution in [1.82, 2.24) is 5.32 Å². The predicted octanol–water partition coefficient (Wildman–Crippen LogP) is 3.47. The number of ether oxygens (including phenoxy) is 1. The Labute approximate surface area is 111 Å². The Hall–Kier alpha value is -0.860. The molecule has 1 aliphatic rings.